The summed E-state index contributed by atoms with van der Waals surface area (Å²) in [7, 11) is 0. The smallest absolute Gasteiger partial charge is 0.247 e. The number of halogens is 1. The number of carbonyl (C=O) groups excluding carboxylic acids is 3. The molecule has 40 heavy (non-hydrogen) atoms. The summed E-state index contributed by atoms with van der Waals surface area (Å²) in [6.07, 6.45) is 2.93. The number of anilines is 1. The molecule has 3 aliphatic rings. The lowest BCUT2D eigenvalue weighted by atomic mass is 9.73. The summed E-state index contributed by atoms with van der Waals surface area (Å²) in [6.45, 7) is 3.79. The SMILES string of the molecule is Cc1ccc(NC(=O)C2C3C=CC4(CNC(=O)C(c5ccc(C)cc5)N(Cc5ccccc5F)C(=O)C24)O3)cc1. The zero-order chi connectivity index (χ0) is 28.0. The molecule has 204 valence electrons. The third-order valence-electron chi connectivity index (χ3n) is 8.12. The van der Waals surface area contributed by atoms with Gasteiger partial charge in [-0.05, 0) is 37.6 Å². The van der Waals surface area contributed by atoms with Gasteiger partial charge >= 0.3 is 0 Å². The second-order valence-corrected chi connectivity index (χ2v) is 10.8. The first-order chi connectivity index (χ1) is 19.3. The van der Waals surface area contributed by atoms with Crippen LogP contribution < -0.4 is 10.6 Å². The average Bonchev–Trinajstić information content (AvgIpc) is 3.51. The third-order valence-corrected chi connectivity index (χ3v) is 8.12. The number of hydrogen-bond donors (Lipinski definition) is 2. The molecule has 2 saturated heterocycles. The number of carbonyl (C=O) groups is 3. The van der Waals surface area contributed by atoms with Crippen molar-refractivity contribution in [3.05, 3.63) is 113 Å². The first-order valence-electron chi connectivity index (χ1n) is 13.4. The number of fused-ring (bicyclic) bond motifs is 1. The predicted octanol–water partition coefficient (Wildman–Crippen LogP) is 4.22. The van der Waals surface area contributed by atoms with Gasteiger partial charge in [0.1, 0.15) is 17.5 Å². The maximum atomic E-state index is 14.9. The number of nitrogens with one attached hydrogen (secondary N) is 2. The van der Waals surface area contributed by atoms with Gasteiger partial charge in [-0.2, -0.15) is 0 Å². The van der Waals surface area contributed by atoms with Gasteiger partial charge in [0, 0.05) is 17.8 Å². The van der Waals surface area contributed by atoms with Gasteiger partial charge < -0.3 is 20.3 Å². The summed E-state index contributed by atoms with van der Waals surface area (Å²) in [6, 6.07) is 19.9. The molecule has 8 heteroatoms. The van der Waals surface area contributed by atoms with E-state index in [0.717, 1.165) is 11.1 Å². The maximum absolute atomic E-state index is 14.9. The van der Waals surface area contributed by atoms with Crippen LogP contribution in [0.25, 0.3) is 0 Å². The molecule has 5 unspecified atom stereocenters. The van der Waals surface area contributed by atoms with E-state index in [1.165, 1.54) is 11.0 Å². The Morgan fingerprint density at radius 3 is 2.40 bits per heavy atom. The van der Waals surface area contributed by atoms with E-state index in [9.17, 15) is 18.8 Å². The molecule has 0 radical (unpaired) electrons. The minimum absolute atomic E-state index is 0.0411. The number of nitrogens with zero attached hydrogens (tertiary/aromatic N) is 1. The number of ether oxygens (including phenoxy) is 1. The first-order valence-corrected chi connectivity index (χ1v) is 13.4. The molecule has 5 atom stereocenters. The maximum Gasteiger partial charge on any atom is 0.247 e. The van der Waals surface area contributed by atoms with Crippen LogP contribution in [-0.4, -0.2) is 40.9 Å². The van der Waals surface area contributed by atoms with E-state index in [2.05, 4.69) is 10.6 Å². The summed E-state index contributed by atoms with van der Waals surface area (Å²) in [5.41, 5.74) is 2.36. The number of amides is 3. The van der Waals surface area contributed by atoms with Crippen molar-refractivity contribution in [2.75, 3.05) is 11.9 Å². The summed E-state index contributed by atoms with van der Waals surface area (Å²) < 4.78 is 21.2. The second-order valence-electron chi connectivity index (χ2n) is 10.8. The van der Waals surface area contributed by atoms with E-state index in [4.69, 9.17) is 4.74 Å². The van der Waals surface area contributed by atoms with E-state index in [-0.39, 0.29) is 24.6 Å². The van der Waals surface area contributed by atoms with Gasteiger partial charge in [0.15, 0.2) is 0 Å². The monoisotopic (exact) mass is 539 g/mol. The number of hydrogen-bond acceptors (Lipinski definition) is 4. The van der Waals surface area contributed by atoms with Gasteiger partial charge in [-0.3, -0.25) is 14.4 Å². The normalized spacial score (nSPS) is 27.1. The van der Waals surface area contributed by atoms with E-state index >= 15 is 0 Å². The van der Waals surface area contributed by atoms with Crippen molar-refractivity contribution < 1.29 is 23.5 Å². The molecule has 2 fully saturated rings. The zero-order valence-corrected chi connectivity index (χ0v) is 22.3. The number of rotatable bonds is 5. The molecule has 3 heterocycles. The third kappa shape index (κ3) is 4.48. The summed E-state index contributed by atoms with van der Waals surface area (Å²) in [5.74, 6) is -3.41. The zero-order valence-electron chi connectivity index (χ0n) is 22.3. The van der Waals surface area contributed by atoms with Gasteiger partial charge in [-0.25, -0.2) is 4.39 Å². The highest BCUT2D eigenvalue weighted by atomic mass is 19.1. The molecule has 0 aliphatic carbocycles. The van der Waals surface area contributed by atoms with E-state index in [0.29, 0.717) is 11.3 Å². The lowest BCUT2D eigenvalue weighted by Gasteiger charge is -2.42. The lowest BCUT2D eigenvalue weighted by Crippen LogP contribution is -2.59. The van der Waals surface area contributed by atoms with Crippen LogP contribution in [0.1, 0.15) is 28.3 Å². The fraction of sp³-hybridized carbons (Fsp3) is 0.281. The number of aryl methyl sites for hydroxylation is 2. The molecule has 6 rings (SSSR count). The van der Waals surface area contributed by atoms with Crippen LogP contribution >= 0.6 is 0 Å². The Morgan fingerprint density at radius 2 is 1.70 bits per heavy atom. The highest BCUT2D eigenvalue weighted by molar-refractivity contribution is 6.00. The Morgan fingerprint density at radius 1 is 1.02 bits per heavy atom. The molecular formula is C32H30FN3O4. The average molecular weight is 540 g/mol. The van der Waals surface area contributed by atoms with Gasteiger partial charge in [0.05, 0.1) is 24.5 Å². The predicted molar refractivity (Wildman–Crippen MR) is 147 cm³/mol. The molecule has 3 aromatic rings. The summed E-state index contributed by atoms with van der Waals surface area (Å²) >= 11 is 0. The van der Waals surface area contributed by atoms with Crippen molar-refractivity contribution >= 4 is 23.4 Å². The molecule has 3 aromatic carbocycles. The Labute approximate surface area is 232 Å². The number of benzene rings is 3. The fourth-order valence-corrected chi connectivity index (χ4v) is 6.02. The van der Waals surface area contributed by atoms with Crippen molar-refractivity contribution in [3.8, 4) is 0 Å². The van der Waals surface area contributed by atoms with Crippen molar-refractivity contribution in [1.82, 2.24) is 10.2 Å². The summed E-state index contributed by atoms with van der Waals surface area (Å²) in [5, 5.41) is 5.91. The molecule has 1 spiro atoms. The first kappa shape index (κ1) is 26.0. The fourth-order valence-electron chi connectivity index (χ4n) is 6.02. The molecule has 2 N–H and O–H groups in total. The Kier molecular flexibility index (Phi) is 6.50. The van der Waals surface area contributed by atoms with Crippen LogP contribution in [0.15, 0.2) is 84.9 Å². The molecular weight excluding hydrogens is 509 g/mol. The Bertz CT molecular complexity index is 1500. The van der Waals surface area contributed by atoms with Gasteiger partial charge in [-0.15, -0.1) is 0 Å². The van der Waals surface area contributed by atoms with E-state index in [1.807, 2.05) is 50.2 Å². The van der Waals surface area contributed by atoms with Crippen LogP contribution in [0.3, 0.4) is 0 Å². The molecule has 0 aromatic heterocycles. The minimum Gasteiger partial charge on any atom is -0.360 e. The Balaban J connectivity index is 1.42. The van der Waals surface area contributed by atoms with Crippen molar-refractivity contribution in [2.24, 2.45) is 11.8 Å². The molecule has 3 amide bonds. The molecule has 7 nitrogen and oxygen atoms in total. The quantitative estimate of drug-likeness (QED) is 0.476. The van der Waals surface area contributed by atoms with Crippen LogP contribution in [0.2, 0.25) is 0 Å². The van der Waals surface area contributed by atoms with Gasteiger partial charge in [-0.1, -0.05) is 77.9 Å². The van der Waals surface area contributed by atoms with E-state index in [1.54, 1.807) is 42.5 Å². The van der Waals surface area contributed by atoms with Crippen LogP contribution in [0, 0.1) is 31.5 Å². The van der Waals surface area contributed by atoms with Crippen LogP contribution in [0.4, 0.5) is 10.1 Å². The standard InChI is InChI=1S/C32H30FN3O4/c1-19-7-11-21(12-8-19)28-30(38)34-18-32-16-15-25(40-32)26(29(37)35-23-13-9-20(2)10-14-23)27(32)31(39)36(28)17-22-5-3-4-6-24(22)33/h3-16,25-28H,17-18H2,1-2H3,(H,34,38)(H,35,37). The molecule has 2 bridgehead atoms. The molecule has 0 saturated carbocycles. The van der Waals surface area contributed by atoms with Crippen molar-refractivity contribution in [2.45, 2.75) is 38.1 Å². The van der Waals surface area contributed by atoms with E-state index < -0.39 is 47.2 Å². The second kappa shape index (κ2) is 10.0. The Hall–Kier alpha value is -4.30. The van der Waals surface area contributed by atoms with Crippen LogP contribution in [0.5, 0.6) is 0 Å². The largest absolute Gasteiger partial charge is 0.360 e. The lowest BCUT2D eigenvalue weighted by molar-refractivity contribution is -0.153. The highest BCUT2D eigenvalue weighted by Gasteiger charge is 2.64. The van der Waals surface area contributed by atoms with Crippen molar-refractivity contribution in [3.63, 3.8) is 0 Å². The minimum atomic E-state index is -1.18. The summed E-state index contributed by atoms with van der Waals surface area (Å²) in [4.78, 5) is 43.4. The van der Waals surface area contributed by atoms with Crippen LogP contribution in [-0.2, 0) is 25.7 Å². The highest BCUT2D eigenvalue weighted by Crippen LogP contribution is 2.50. The van der Waals surface area contributed by atoms with Gasteiger partial charge in [0.2, 0.25) is 17.7 Å². The van der Waals surface area contributed by atoms with Gasteiger partial charge in [0.25, 0.3) is 0 Å². The topological polar surface area (TPSA) is 87.7 Å². The van der Waals surface area contributed by atoms with Crippen molar-refractivity contribution in [1.29, 1.82) is 0 Å². The molecule has 3 aliphatic heterocycles.